The van der Waals surface area contributed by atoms with E-state index in [2.05, 4.69) is 26.2 Å². The van der Waals surface area contributed by atoms with Crippen LogP contribution in [0.25, 0.3) is 0 Å². The van der Waals surface area contributed by atoms with Crippen LogP contribution in [-0.4, -0.2) is 10.9 Å². The zero-order chi connectivity index (χ0) is 14.9. The Bertz CT molecular complexity index is 692. The van der Waals surface area contributed by atoms with Crippen LogP contribution in [0.15, 0.2) is 28.7 Å². The maximum absolute atomic E-state index is 12.1. The number of amides is 1. The summed E-state index contributed by atoms with van der Waals surface area (Å²) in [6, 6.07) is 6.40. The summed E-state index contributed by atoms with van der Waals surface area (Å²) in [5, 5.41) is 3.89. The average Bonchev–Trinajstić information content (AvgIpc) is 2.39. The fourth-order valence-electron chi connectivity index (χ4n) is 1.46. The Morgan fingerprint density at radius 3 is 2.50 bits per heavy atom. The Hall–Kier alpha value is -0.810. The standard InChI is InChI=1S/C13H8BrCl3N2O/c1-6-10(16)5-11(17)12(18-6)19-13(20)7-2-3-9(15)8(14)4-7/h2-5H,1H3,(H,18,19,20). The highest BCUT2D eigenvalue weighted by Crippen LogP contribution is 2.27. The molecule has 2 rings (SSSR count). The van der Waals surface area contributed by atoms with Crippen molar-refractivity contribution in [1.29, 1.82) is 0 Å². The van der Waals surface area contributed by atoms with Crippen LogP contribution in [0, 0.1) is 6.92 Å². The Kier molecular flexibility index (Phi) is 4.91. The first-order valence-corrected chi connectivity index (χ1v) is 7.40. The molecule has 104 valence electrons. The molecule has 1 amide bonds. The molecule has 0 fully saturated rings. The first-order valence-electron chi connectivity index (χ1n) is 5.47. The highest BCUT2D eigenvalue weighted by molar-refractivity contribution is 9.10. The maximum atomic E-state index is 12.1. The second-order valence-electron chi connectivity index (χ2n) is 3.97. The van der Waals surface area contributed by atoms with Gasteiger partial charge in [-0.1, -0.05) is 34.8 Å². The lowest BCUT2D eigenvalue weighted by Gasteiger charge is -2.09. The Morgan fingerprint density at radius 2 is 1.85 bits per heavy atom. The lowest BCUT2D eigenvalue weighted by molar-refractivity contribution is 0.102. The van der Waals surface area contributed by atoms with Gasteiger partial charge in [-0.05, 0) is 47.1 Å². The van der Waals surface area contributed by atoms with E-state index in [1.807, 2.05) is 0 Å². The SMILES string of the molecule is Cc1nc(NC(=O)c2ccc(Cl)c(Br)c2)c(Cl)cc1Cl. The average molecular weight is 394 g/mol. The van der Waals surface area contributed by atoms with Gasteiger partial charge in [0.25, 0.3) is 5.91 Å². The summed E-state index contributed by atoms with van der Waals surface area (Å²) < 4.78 is 0.637. The summed E-state index contributed by atoms with van der Waals surface area (Å²) in [5.74, 6) is -0.0665. The van der Waals surface area contributed by atoms with Gasteiger partial charge in [0.2, 0.25) is 0 Å². The number of aryl methyl sites for hydroxylation is 1. The van der Waals surface area contributed by atoms with Gasteiger partial charge in [0.05, 0.1) is 20.8 Å². The third kappa shape index (κ3) is 3.44. The number of halogens is 4. The number of nitrogens with zero attached hydrogens (tertiary/aromatic N) is 1. The molecule has 1 aromatic carbocycles. The number of pyridine rings is 1. The van der Waals surface area contributed by atoms with Crippen molar-refractivity contribution < 1.29 is 4.79 Å². The highest BCUT2D eigenvalue weighted by atomic mass is 79.9. The molecule has 3 nitrogen and oxygen atoms in total. The summed E-state index contributed by atoms with van der Waals surface area (Å²) in [7, 11) is 0. The fraction of sp³-hybridized carbons (Fsp3) is 0.0769. The van der Waals surface area contributed by atoms with E-state index in [0.29, 0.717) is 25.8 Å². The minimum absolute atomic E-state index is 0.268. The minimum atomic E-state index is -0.335. The van der Waals surface area contributed by atoms with Crippen LogP contribution in [0.2, 0.25) is 15.1 Å². The largest absolute Gasteiger partial charge is 0.305 e. The molecule has 0 aliphatic carbocycles. The quantitative estimate of drug-likeness (QED) is 0.745. The zero-order valence-corrected chi connectivity index (χ0v) is 14.0. The molecule has 0 bridgehead atoms. The number of anilines is 1. The fourth-order valence-corrected chi connectivity index (χ4v) is 2.37. The lowest BCUT2D eigenvalue weighted by atomic mass is 10.2. The number of carbonyl (C=O) groups is 1. The molecule has 0 radical (unpaired) electrons. The van der Waals surface area contributed by atoms with E-state index < -0.39 is 0 Å². The van der Waals surface area contributed by atoms with Crippen LogP contribution in [0.1, 0.15) is 16.1 Å². The summed E-state index contributed by atoms with van der Waals surface area (Å²) in [5.41, 5.74) is 1.02. The van der Waals surface area contributed by atoms with Crippen molar-refractivity contribution in [3.63, 3.8) is 0 Å². The highest BCUT2D eigenvalue weighted by Gasteiger charge is 2.12. The third-order valence-electron chi connectivity index (χ3n) is 2.52. The second kappa shape index (κ2) is 6.31. The van der Waals surface area contributed by atoms with Crippen LogP contribution in [0.5, 0.6) is 0 Å². The first-order chi connectivity index (χ1) is 9.38. The summed E-state index contributed by atoms with van der Waals surface area (Å²) in [6.07, 6.45) is 0. The van der Waals surface area contributed by atoms with Gasteiger partial charge in [0, 0.05) is 10.0 Å². The van der Waals surface area contributed by atoms with Crippen molar-refractivity contribution in [2.24, 2.45) is 0 Å². The molecule has 0 aliphatic rings. The van der Waals surface area contributed by atoms with E-state index in [1.165, 1.54) is 0 Å². The monoisotopic (exact) mass is 392 g/mol. The molecule has 0 unspecified atom stereocenters. The molecular formula is C13H8BrCl3N2O. The van der Waals surface area contributed by atoms with E-state index in [1.54, 1.807) is 31.2 Å². The van der Waals surface area contributed by atoms with Gasteiger partial charge in [0.1, 0.15) is 0 Å². The molecule has 0 saturated carbocycles. The van der Waals surface area contributed by atoms with Gasteiger partial charge in [-0.25, -0.2) is 4.98 Å². The number of hydrogen-bond acceptors (Lipinski definition) is 2. The summed E-state index contributed by atoms with van der Waals surface area (Å²) in [4.78, 5) is 16.3. The van der Waals surface area contributed by atoms with Crippen molar-refractivity contribution in [1.82, 2.24) is 4.98 Å². The topological polar surface area (TPSA) is 42.0 Å². The van der Waals surface area contributed by atoms with Gasteiger partial charge >= 0.3 is 0 Å². The van der Waals surface area contributed by atoms with Crippen molar-refractivity contribution >= 4 is 62.5 Å². The van der Waals surface area contributed by atoms with Gasteiger partial charge in [0.15, 0.2) is 5.82 Å². The first kappa shape index (κ1) is 15.6. The van der Waals surface area contributed by atoms with Gasteiger partial charge in [-0.15, -0.1) is 0 Å². The number of carbonyl (C=O) groups excluding carboxylic acids is 1. The van der Waals surface area contributed by atoms with Crippen LogP contribution >= 0.6 is 50.7 Å². The van der Waals surface area contributed by atoms with Crippen molar-refractivity contribution in [2.45, 2.75) is 6.92 Å². The summed E-state index contributed by atoms with van der Waals surface area (Å²) >= 11 is 21.0. The summed E-state index contributed by atoms with van der Waals surface area (Å²) in [6.45, 7) is 1.73. The van der Waals surface area contributed by atoms with E-state index in [9.17, 15) is 4.79 Å². The zero-order valence-electron chi connectivity index (χ0n) is 10.2. The van der Waals surface area contributed by atoms with Crippen LogP contribution in [0.4, 0.5) is 5.82 Å². The van der Waals surface area contributed by atoms with Crippen LogP contribution < -0.4 is 5.32 Å². The number of hydrogen-bond donors (Lipinski definition) is 1. The van der Waals surface area contributed by atoms with E-state index in [4.69, 9.17) is 34.8 Å². The Balaban J connectivity index is 2.27. The molecule has 0 aliphatic heterocycles. The molecule has 0 saturated heterocycles. The molecule has 2 aromatic rings. The van der Waals surface area contributed by atoms with Crippen molar-refractivity contribution in [3.05, 3.63) is 55.1 Å². The van der Waals surface area contributed by atoms with Gasteiger partial charge < -0.3 is 5.32 Å². The number of aromatic nitrogens is 1. The maximum Gasteiger partial charge on any atom is 0.256 e. The van der Waals surface area contributed by atoms with Crippen molar-refractivity contribution in [3.8, 4) is 0 Å². The predicted octanol–water partition coefficient (Wildman–Crippen LogP) is 5.37. The van der Waals surface area contributed by atoms with Gasteiger partial charge in [-0.2, -0.15) is 0 Å². The van der Waals surface area contributed by atoms with E-state index >= 15 is 0 Å². The Labute approximate surface area is 139 Å². The molecule has 1 aromatic heterocycles. The number of benzene rings is 1. The van der Waals surface area contributed by atoms with Crippen LogP contribution in [-0.2, 0) is 0 Å². The molecule has 0 atom stereocenters. The molecule has 20 heavy (non-hydrogen) atoms. The molecule has 1 heterocycles. The number of nitrogens with one attached hydrogen (secondary N) is 1. The Morgan fingerprint density at radius 1 is 1.15 bits per heavy atom. The van der Waals surface area contributed by atoms with E-state index in [-0.39, 0.29) is 16.7 Å². The van der Waals surface area contributed by atoms with E-state index in [0.717, 1.165) is 0 Å². The van der Waals surface area contributed by atoms with Crippen molar-refractivity contribution in [2.75, 3.05) is 5.32 Å². The van der Waals surface area contributed by atoms with Crippen LogP contribution in [0.3, 0.4) is 0 Å². The molecule has 0 spiro atoms. The second-order valence-corrected chi connectivity index (χ2v) is 6.04. The molecule has 1 N–H and O–H groups in total. The normalized spacial score (nSPS) is 10.4. The minimum Gasteiger partial charge on any atom is -0.305 e. The smallest absolute Gasteiger partial charge is 0.256 e. The lowest BCUT2D eigenvalue weighted by Crippen LogP contribution is -2.13. The number of rotatable bonds is 2. The van der Waals surface area contributed by atoms with Gasteiger partial charge in [-0.3, -0.25) is 4.79 Å². The molecular weight excluding hydrogens is 386 g/mol. The predicted molar refractivity (Wildman–Crippen MR) is 86.1 cm³/mol. The third-order valence-corrected chi connectivity index (χ3v) is 4.40. The molecule has 7 heteroatoms.